The Morgan fingerprint density at radius 2 is 2.06 bits per heavy atom. The molecule has 0 aliphatic carbocycles. The summed E-state index contributed by atoms with van der Waals surface area (Å²) in [6, 6.07) is 8.94. The maximum absolute atomic E-state index is 12.6. The van der Waals surface area contributed by atoms with E-state index in [0.29, 0.717) is 11.4 Å². The van der Waals surface area contributed by atoms with Crippen LogP contribution in [0.2, 0.25) is 0 Å². The molecular weight excluding hydrogens is 235 g/mol. The van der Waals surface area contributed by atoms with Crippen LogP contribution in [0.4, 0.5) is 10.1 Å². The number of rotatable bonds is 4. The molecule has 1 amide bonds. The van der Waals surface area contributed by atoms with Crippen LogP contribution in [0, 0.1) is 5.82 Å². The molecule has 0 spiro atoms. The highest BCUT2D eigenvalue weighted by molar-refractivity contribution is 5.91. The van der Waals surface area contributed by atoms with Crippen molar-refractivity contribution in [3.8, 4) is 5.75 Å². The Hall–Kier alpha value is -2.43. The van der Waals surface area contributed by atoms with Gasteiger partial charge < -0.3 is 10.1 Å². The van der Waals surface area contributed by atoms with Crippen molar-refractivity contribution in [1.82, 2.24) is 4.98 Å². The Bertz CT molecular complexity index is 514. The first-order valence-corrected chi connectivity index (χ1v) is 5.32. The molecule has 1 aromatic carbocycles. The van der Waals surface area contributed by atoms with E-state index in [-0.39, 0.29) is 18.3 Å². The summed E-state index contributed by atoms with van der Waals surface area (Å²) in [5.74, 6) is -0.142. The summed E-state index contributed by atoms with van der Waals surface area (Å²) in [7, 11) is 0. The molecule has 0 atom stereocenters. The second kappa shape index (κ2) is 5.77. The number of pyridine rings is 1. The van der Waals surface area contributed by atoms with Crippen molar-refractivity contribution < 1.29 is 13.9 Å². The molecule has 0 aliphatic rings. The monoisotopic (exact) mass is 246 g/mol. The minimum absolute atomic E-state index is 0.122. The molecule has 0 radical (unpaired) electrons. The third kappa shape index (κ3) is 3.55. The zero-order valence-electron chi connectivity index (χ0n) is 9.47. The van der Waals surface area contributed by atoms with Crippen molar-refractivity contribution in [2.24, 2.45) is 0 Å². The van der Waals surface area contributed by atoms with E-state index in [1.807, 2.05) is 0 Å². The third-order valence-corrected chi connectivity index (χ3v) is 2.13. The first kappa shape index (κ1) is 12.0. The summed E-state index contributed by atoms with van der Waals surface area (Å²) in [4.78, 5) is 15.4. The Morgan fingerprint density at radius 1 is 1.28 bits per heavy atom. The molecule has 0 fully saturated rings. The van der Waals surface area contributed by atoms with Crippen molar-refractivity contribution in [3.05, 3.63) is 54.6 Å². The third-order valence-electron chi connectivity index (χ3n) is 2.13. The van der Waals surface area contributed by atoms with Gasteiger partial charge >= 0.3 is 0 Å². The largest absolute Gasteiger partial charge is 0.482 e. The highest BCUT2D eigenvalue weighted by Gasteiger charge is 2.03. The van der Waals surface area contributed by atoms with Crippen molar-refractivity contribution in [1.29, 1.82) is 0 Å². The van der Waals surface area contributed by atoms with Gasteiger partial charge in [0.2, 0.25) is 0 Å². The van der Waals surface area contributed by atoms with Crippen molar-refractivity contribution in [2.45, 2.75) is 0 Å². The van der Waals surface area contributed by atoms with E-state index in [9.17, 15) is 9.18 Å². The molecule has 18 heavy (non-hydrogen) atoms. The Morgan fingerprint density at radius 3 is 2.72 bits per heavy atom. The van der Waals surface area contributed by atoms with Gasteiger partial charge in [0.05, 0.1) is 6.20 Å². The standard InChI is InChI=1S/C13H11FN2O2/c14-10-3-5-11(6-4-10)16-13(17)9-18-12-2-1-7-15-8-12/h1-8H,9H2,(H,16,17). The van der Waals surface area contributed by atoms with E-state index >= 15 is 0 Å². The summed E-state index contributed by atoms with van der Waals surface area (Å²) in [5.41, 5.74) is 0.524. The summed E-state index contributed by atoms with van der Waals surface area (Å²) in [6.07, 6.45) is 3.14. The van der Waals surface area contributed by atoms with Crippen LogP contribution in [0.1, 0.15) is 0 Å². The summed E-state index contributed by atoms with van der Waals surface area (Å²) in [6.45, 7) is -0.122. The Balaban J connectivity index is 1.84. The van der Waals surface area contributed by atoms with Crippen LogP contribution >= 0.6 is 0 Å². The second-order valence-corrected chi connectivity index (χ2v) is 3.53. The number of benzene rings is 1. The van der Waals surface area contributed by atoms with Gasteiger partial charge in [-0.2, -0.15) is 0 Å². The molecular formula is C13H11FN2O2. The molecule has 5 heteroatoms. The summed E-state index contributed by atoms with van der Waals surface area (Å²) < 4.78 is 17.9. The molecule has 1 heterocycles. The average Bonchev–Trinajstić information content (AvgIpc) is 2.40. The highest BCUT2D eigenvalue weighted by Crippen LogP contribution is 2.09. The van der Waals surface area contributed by atoms with Gasteiger partial charge in [0.15, 0.2) is 6.61 Å². The maximum atomic E-state index is 12.6. The molecule has 0 bridgehead atoms. The number of nitrogens with zero attached hydrogens (tertiary/aromatic N) is 1. The molecule has 0 saturated heterocycles. The van der Waals surface area contributed by atoms with Crippen LogP contribution < -0.4 is 10.1 Å². The predicted octanol–water partition coefficient (Wildman–Crippen LogP) is 2.24. The van der Waals surface area contributed by atoms with Crippen molar-refractivity contribution in [2.75, 3.05) is 11.9 Å². The van der Waals surface area contributed by atoms with Crippen molar-refractivity contribution in [3.63, 3.8) is 0 Å². The average molecular weight is 246 g/mol. The van der Waals surface area contributed by atoms with Crippen LogP contribution in [-0.2, 0) is 4.79 Å². The number of hydrogen-bond acceptors (Lipinski definition) is 3. The lowest BCUT2D eigenvalue weighted by Gasteiger charge is -2.06. The van der Waals surface area contributed by atoms with Crippen LogP contribution in [0.5, 0.6) is 5.75 Å². The number of hydrogen-bond donors (Lipinski definition) is 1. The highest BCUT2D eigenvalue weighted by atomic mass is 19.1. The summed E-state index contributed by atoms with van der Waals surface area (Å²) >= 11 is 0. The first-order valence-electron chi connectivity index (χ1n) is 5.32. The van der Waals surface area contributed by atoms with Gasteiger partial charge in [-0.1, -0.05) is 0 Å². The molecule has 1 aromatic heterocycles. The van der Waals surface area contributed by atoms with Crippen LogP contribution in [0.25, 0.3) is 0 Å². The van der Waals surface area contributed by atoms with Gasteiger partial charge in [-0.05, 0) is 36.4 Å². The van der Waals surface area contributed by atoms with Gasteiger partial charge in [-0.15, -0.1) is 0 Å². The lowest BCUT2D eigenvalue weighted by Crippen LogP contribution is -2.20. The molecule has 0 aliphatic heterocycles. The first-order chi connectivity index (χ1) is 8.74. The zero-order chi connectivity index (χ0) is 12.8. The van der Waals surface area contributed by atoms with Gasteiger partial charge in [-0.3, -0.25) is 9.78 Å². The van der Waals surface area contributed by atoms with Crippen LogP contribution in [-0.4, -0.2) is 17.5 Å². The fraction of sp³-hybridized carbons (Fsp3) is 0.0769. The summed E-state index contributed by atoms with van der Waals surface area (Å²) in [5, 5.41) is 2.59. The number of halogens is 1. The lowest BCUT2D eigenvalue weighted by atomic mass is 10.3. The number of ether oxygens (including phenoxy) is 1. The molecule has 92 valence electrons. The zero-order valence-corrected chi connectivity index (χ0v) is 9.47. The van der Waals surface area contributed by atoms with Crippen LogP contribution in [0.3, 0.4) is 0 Å². The van der Waals surface area contributed by atoms with Gasteiger partial charge in [-0.25, -0.2) is 4.39 Å². The topological polar surface area (TPSA) is 51.2 Å². The molecule has 1 N–H and O–H groups in total. The predicted molar refractivity (Wildman–Crippen MR) is 64.8 cm³/mol. The number of aromatic nitrogens is 1. The van der Waals surface area contributed by atoms with E-state index in [1.54, 1.807) is 18.3 Å². The minimum Gasteiger partial charge on any atom is -0.482 e. The molecule has 2 rings (SSSR count). The minimum atomic E-state index is -0.348. The number of carbonyl (C=O) groups excluding carboxylic acids is 1. The van der Waals surface area contributed by atoms with E-state index in [4.69, 9.17) is 4.74 Å². The molecule has 0 unspecified atom stereocenters. The molecule has 4 nitrogen and oxygen atoms in total. The number of carbonyl (C=O) groups is 1. The SMILES string of the molecule is O=C(COc1cccnc1)Nc1ccc(F)cc1. The van der Waals surface area contributed by atoms with Gasteiger partial charge in [0.1, 0.15) is 11.6 Å². The van der Waals surface area contributed by atoms with E-state index in [0.717, 1.165) is 0 Å². The number of anilines is 1. The fourth-order valence-electron chi connectivity index (χ4n) is 1.31. The molecule has 2 aromatic rings. The van der Waals surface area contributed by atoms with Gasteiger partial charge in [0, 0.05) is 11.9 Å². The smallest absolute Gasteiger partial charge is 0.262 e. The number of nitrogens with one attached hydrogen (secondary N) is 1. The normalized spacial score (nSPS) is 9.83. The van der Waals surface area contributed by atoms with E-state index < -0.39 is 0 Å². The lowest BCUT2D eigenvalue weighted by molar-refractivity contribution is -0.118. The quantitative estimate of drug-likeness (QED) is 0.900. The maximum Gasteiger partial charge on any atom is 0.262 e. The fourth-order valence-corrected chi connectivity index (χ4v) is 1.31. The molecule has 0 saturated carbocycles. The van der Waals surface area contributed by atoms with Gasteiger partial charge in [0.25, 0.3) is 5.91 Å². The van der Waals surface area contributed by atoms with E-state index in [2.05, 4.69) is 10.3 Å². The second-order valence-electron chi connectivity index (χ2n) is 3.53. The van der Waals surface area contributed by atoms with E-state index in [1.165, 1.54) is 30.5 Å². The Labute approximate surface area is 103 Å². The van der Waals surface area contributed by atoms with Crippen LogP contribution in [0.15, 0.2) is 48.8 Å². The number of amides is 1. The van der Waals surface area contributed by atoms with Crippen molar-refractivity contribution >= 4 is 11.6 Å². The Kier molecular flexibility index (Phi) is 3.86.